The molecule has 5 nitrogen and oxygen atoms in total. The lowest BCUT2D eigenvalue weighted by molar-refractivity contribution is -0.139. The summed E-state index contributed by atoms with van der Waals surface area (Å²) in [4.78, 5) is 11.6. The predicted molar refractivity (Wildman–Crippen MR) is 112 cm³/mol. The second kappa shape index (κ2) is 9.33. The quantitative estimate of drug-likeness (QED) is 0.573. The largest absolute Gasteiger partial charge is 0.480 e. The summed E-state index contributed by atoms with van der Waals surface area (Å²) in [6.07, 6.45) is 4.47. The number of nitrogens with one attached hydrogen (secondary N) is 1. The Labute approximate surface area is 166 Å². The number of hydrogen-bond donors (Lipinski definition) is 2. The van der Waals surface area contributed by atoms with Crippen LogP contribution in [-0.2, 0) is 11.3 Å². The number of carboxylic acid groups (broad SMARTS) is 1. The highest BCUT2D eigenvalue weighted by atomic mass is 16.4. The van der Waals surface area contributed by atoms with Crippen molar-refractivity contribution in [3.63, 3.8) is 0 Å². The standard InChI is InChI=1S/C23H27N3O2/c1-3-4-10-21(23(27)28)24-15-19-16-26(20-8-6-5-7-9-20)25-22(19)18-13-11-17(2)12-14-18/h5-9,11-14,16,21,24H,3-4,10,15H2,1-2H3,(H,27,28)/t21-/m0/s1. The Morgan fingerprint density at radius 1 is 1.14 bits per heavy atom. The van der Waals surface area contributed by atoms with E-state index in [0.29, 0.717) is 13.0 Å². The van der Waals surface area contributed by atoms with Crippen molar-refractivity contribution in [2.45, 2.75) is 45.7 Å². The maximum Gasteiger partial charge on any atom is 0.320 e. The van der Waals surface area contributed by atoms with E-state index in [4.69, 9.17) is 5.10 Å². The Morgan fingerprint density at radius 2 is 1.86 bits per heavy atom. The van der Waals surface area contributed by atoms with Gasteiger partial charge in [-0.15, -0.1) is 0 Å². The molecule has 1 aromatic heterocycles. The number of nitrogens with zero attached hydrogens (tertiary/aromatic N) is 2. The van der Waals surface area contributed by atoms with Crippen molar-refractivity contribution < 1.29 is 9.90 Å². The molecule has 0 aliphatic rings. The minimum absolute atomic E-state index is 0.455. The van der Waals surface area contributed by atoms with E-state index in [9.17, 15) is 9.90 Å². The summed E-state index contributed by atoms with van der Waals surface area (Å²) in [5.41, 5.74) is 5.04. The number of hydrogen-bond acceptors (Lipinski definition) is 3. The molecule has 3 aromatic rings. The van der Waals surface area contributed by atoms with Gasteiger partial charge in [0.25, 0.3) is 0 Å². The van der Waals surface area contributed by atoms with Crippen LogP contribution in [0.2, 0.25) is 0 Å². The van der Waals surface area contributed by atoms with E-state index in [2.05, 4.69) is 43.4 Å². The highest BCUT2D eigenvalue weighted by Gasteiger charge is 2.18. The first kappa shape index (κ1) is 19.8. The molecule has 1 heterocycles. The van der Waals surface area contributed by atoms with Gasteiger partial charge in [0.05, 0.1) is 11.4 Å². The van der Waals surface area contributed by atoms with Gasteiger partial charge in [0.1, 0.15) is 6.04 Å². The van der Waals surface area contributed by atoms with E-state index >= 15 is 0 Å². The summed E-state index contributed by atoms with van der Waals surface area (Å²) in [6.45, 7) is 4.58. The number of carboxylic acids is 1. The van der Waals surface area contributed by atoms with Crippen LogP contribution >= 0.6 is 0 Å². The molecule has 28 heavy (non-hydrogen) atoms. The molecule has 0 aliphatic carbocycles. The van der Waals surface area contributed by atoms with Gasteiger partial charge in [-0.1, -0.05) is 67.8 Å². The lowest BCUT2D eigenvalue weighted by atomic mass is 10.1. The predicted octanol–water partition coefficient (Wildman–Crippen LogP) is 4.58. The van der Waals surface area contributed by atoms with Gasteiger partial charge in [-0.2, -0.15) is 5.10 Å². The monoisotopic (exact) mass is 377 g/mol. The molecule has 0 spiro atoms. The summed E-state index contributed by atoms with van der Waals surface area (Å²) in [6, 6.07) is 17.6. The molecule has 0 saturated carbocycles. The van der Waals surface area contributed by atoms with Crippen LogP contribution in [0.3, 0.4) is 0 Å². The molecule has 0 amide bonds. The Bertz CT molecular complexity index is 901. The van der Waals surface area contributed by atoms with Crippen LogP contribution in [0.25, 0.3) is 16.9 Å². The van der Waals surface area contributed by atoms with E-state index in [-0.39, 0.29) is 0 Å². The molecule has 2 N–H and O–H groups in total. The zero-order valence-electron chi connectivity index (χ0n) is 16.4. The number of aliphatic carboxylic acids is 1. The van der Waals surface area contributed by atoms with Gasteiger partial charge in [-0.25, -0.2) is 4.68 Å². The summed E-state index contributed by atoms with van der Waals surface area (Å²) in [7, 11) is 0. The van der Waals surface area contributed by atoms with Crippen LogP contribution in [0.15, 0.2) is 60.8 Å². The number of rotatable bonds is 9. The minimum atomic E-state index is -0.805. The van der Waals surface area contributed by atoms with Gasteiger partial charge in [0, 0.05) is 23.9 Å². The molecule has 0 aliphatic heterocycles. The first-order valence-corrected chi connectivity index (χ1v) is 9.75. The molecule has 0 radical (unpaired) electrons. The first-order valence-electron chi connectivity index (χ1n) is 9.75. The van der Waals surface area contributed by atoms with E-state index in [1.807, 2.05) is 41.2 Å². The van der Waals surface area contributed by atoms with Gasteiger partial charge in [-0.05, 0) is 25.5 Å². The number of benzene rings is 2. The van der Waals surface area contributed by atoms with Crippen molar-refractivity contribution >= 4 is 5.97 Å². The molecule has 1 atom stereocenters. The fourth-order valence-electron chi connectivity index (χ4n) is 3.16. The number of carbonyl (C=O) groups is 1. The van der Waals surface area contributed by atoms with Crippen molar-refractivity contribution in [2.75, 3.05) is 0 Å². The molecule has 0 fully saturated rings. The fraction of sp³-hybridized carbons (Fsp3) is 0.304. The lowest BCUT2D eigenvalue weighted by Crippen LogP contribution is -2.36. The molecule has 3 rings (SSSR count). The van der Waals surface area contributed by atoms with Gasteiger partial charge in [0.2, 0.25) is 0 Å². The smallest absolute Gasteiger partial charge is 0.320 e. The third kappa shape index (κ3) is 4.87. The van der Waals surface area contributed by atoms with E-state index < -0.39 is 12.0 Å². The van der Waals surface area contributed by atoms with Crippen molar-refractivity contribution in [1.82, 2.24) is 15.1 Å². The third-order valence-corrected chi connectivity index (χ3v) is 4.82. The molecule has 2 aromatic carbocycles. The van der Waals surface area contributed by atoms with Crippen LogP contribution in [0, 0.1) is 6.92 Å². The first-order chi connectivity index (χ1) is 13.6. The Kier molecular flexibility index (Phi) is 6.61. The number of aromatic nitrogens is 2. The van der Waals surface area contributed by atoms with E-state index in [1.165, 1.54) is 5.56 Å². The second-order valence-corrected chi connectivity index (χ2v) is 7.06. The minimum Gasteiger partial charge on any atom is -0.480 e. The highest BCUT2D eigenvalue weighted by molar-refractivity contribution is 5.73. The van der Waals surface area contributed by atoms with Gasteiger partial charge in [-0.3, -0.25) is 4.79 Å². The molecular formula is C23H27N3O2. The summed E-state index contributed by atoms with van der Waals surface area (Å²) in [5.74, 6) is -0.805. The zero-order valence-corrected chi connectivity index (χ0v) is 16.4. The molecular weight excluding hydrogens is 350 g/mol. The highest BCUT2D eigenvalue weighted by Crippen LogP contribution is 2.24. The molecule has 0 unspecified atom stereocenters. The molecule has 0 bridgehead atoms. The van der Waals surface area contributed by atoms with Crippen LogP contribution in [0.1, 0.15) is 37.3 Å². The maximum atomic E-state index is 11.6. The van der Waals surface area contributed by atoms with Crippen LogP contribution < -0.4 is 5.32 Å². The Morgan fingerprint density at radius 3 is 2.50 bits per heavy atom. The van der Waals surface area contributed by atoms with Crippen LogP contribution in [-0.4, -0.2) is 26.9 Å². The van der Waals surface area contributed by atoms with Crippen molar-refractivity contribution in [1.29, 1.82) is 0 Å². The van der Waals surface area contributed by atoms with Gasteiger partial charge >= 0.3 is 5.97 Å². The average molecular weight is 377 g/mol. The molecule has 0 saturated heterocycles. The van der Waals surface area contributed by atoms with Crippen molar-refractivity contribution in [3.8, 4) is 16.9 Å². The van der Waals surface area contributed by atoms with E-state index in [0.717, 1.165) is 35.3 Å². The normalized spacial score (nSPS) is 12.1. The zero-order chi connectivity index (χ0) is 19.9. The number of para-hydroxylation sites is 1. The molecule has 146 valence electrons. The fourth-order valence-corrected chi connectivity index (χ4v) is 3.16. The maximum absolute atomic E-state index is 11.6. The Hall–Kier alpha value is -2.92. The summed E-state index contributed by atoms with van der Waals surface area (Å²) in [5, 5.41) is 17.5. The average Bonchev–Trinajstić information content (AvgIpc) is 3.13. The second-order valence-electron chi connectivity index (χ2n) is 7.06. The third-order valence-electron chi connectivity index (χ3n) is 4.82. The van der Waals surface area contributed by atoms with Crippen molar-refractivity contribution in [2.24, 2.45) is 0 Å². The SMILES string of the molecule is CCCC[C@H](NCc1cn(-c2ccccc2)nc1-c1ccc(C)cc1)C(=O)O. The van der Waals surface area contributed by atoms with E-state index in [1.54, 1.807) is 0 Å². The van der Waals surface area contributed by atoms with Crippen LogP contribution in [0.5, 0.6) is 0 Å². The molecule has 5 heteroatoms. The topological polar surface area (TPSA) is 67.2 Å². The summed E-state index contributed by atoms with van der Waals surface area (Å²) < 4.78 is 1.86. The van der Waals surface area contributed by atoms with Crippen LogP contribution in [0.4, 0.5) is 0 Å². The van der Waals surface area contributed by atoms with Gasteiger partial charge in [0.15, 0.2) is 0 Å². The Balaban J connectivity index is 1.90. The van der Waals surface area contributed by atoms with Crippen molar-refractivity contribution in [3.05, 3.63) is 71.9 Å². The summed E-state index contributed by atoms with van der Waals surface area (Å²) >= 11 is 0. The lowest BCUT2D eigenvalue weighted by Gasteiger charge is -2.14. The number of aryl methyl sites for hydroxylation is 1. The van der Waals surface area contributed by atoms with Gasteiger partial charge < -0.3 is 10.4 Å². The number of unbranched alkanes of at least 4 members (excludes halogenated alkanes) is 1.